The summed E-state index contributed by atoms with van der Waals surface area (Å²) in [7, 11) is 0. The fraction of sp³-hybridized carbons (Fsp3) is 0.600. The summed E-state index contributed by atoms with van der Waals surface area (Å²) >= 11 is 0. The number of hydrogen-bond acceptors (Lipinski definition) is 2. The Bertz CT molecular complexity index is 345. The maximum absolute atomic E-state index is 5.70. The molecule has 0 aromatic heterocycles. The van der Waals surface area contributed by atoms with Crippen molar-refractivity contribution in [3.63, 3.8) is 0 Å². The molecular formula is C15H24N2. The van der Waals surface area contributed by atoms with E-state index in [0.717, 1.165) is 19.0 Å². The van der Waals surface area contributed by atoms with Crippen molar-refractivity contribution in [1.82, 2.24) is 0 Å². The van der Waals surface area contributed by atoms with Crippen LogP contribution in [0.25, 0.3) is 0 Å². The summed E-state index contributed by atoms with van der Waals surface area (Å²) in [5.41, 5.74) is 8.54. The average Bonchev–Trinajstić information content (AvgIpc) is 3.16. The number of nitrogens with two attached hydrogens (primary N) is 1. The van der Waals surface area contributed by atoms with Crippen LogP contribution in [0.2, 0.25) is 0 Å². The van der Waals surface area contributed by atoms with Gasteiger partial charge in [0.2, 0.25) is 0 Å². The fourth-order valence-electron chi connectivity index (χ4n) is 2.37. The molecule has 2 N–H and O–H groups in total. The first-order chi connectivity index (χ1) is 8.36. The van der Waals surface area contributed by atoms with Crippen molar-refractivity contribution in [3.8, 4) is 0 Å². The molecule has 0 radical (unpaired) electrons. The summed E-state index contributed by atoms with van der Waals surface area (Å²) in [6.07, 6.45) is 6.27. The summed E-state index contributed by atoms with van der Waals surface area (Å²) in [5.74, 6) is 0. The molecule has 0 amide bonds. The van der Waals surface area contributed by atoms with Gasteiger partial charge < -0.3 is 10.6 Å². The van der Waals surface area contributed by atoms with Crippen LogP contribution >= 0.6 is 0 Å². The minimum absolute atomic E-state index is 0.739. The third-order valence-electron chi connectivity index (χ3n) is 3.45. The van der Waals surface area contributed by atoms with Gasteiger partial charge in [0.05, 0.1) is 0 Å². The van der Waals surface area contributed by atoms with Crippen molar-refractivity contribution < 1.29 is 0 Å². The monoisotopic (exact) mass is 232 g/mol. The van der Waals surface area contributed by atoms with Crippen LogP contribution < -0.4 is 10.6 Å². The third kappa shape index (κ3) is 3.22. The molecule has 0 unspecified atom stereocenters. The van der Waals surface area contributed by atoms with E-state index in [1.165, 1.54) is 43.5 Å². The van der Waals surface area contributed by atoms with Crippen molar-refractivity contribution in [2.75, 3.05) is 18.0 Å². The molecule has 1 saturated carbocycles. The van der Waals surface area contributed by atoms with E-state index in [1.807, 2.05) is 0 Å². The number of hydrogen-bond donors (Lipinski definition) is 1. The van der Waals surface area contributed by atoms with Gasteiger partial charge in [-0.3, -0.25) is 0 Å². The first-order valence-electron chi connectivity index (χ1n) is 6.91. The Hall–Kier alpha value is -1.02. The topological polar surface area (TPSA) is 29.3 Å². The molecule has 1 aromatic rings. The summed E-state index contributed by atoms with van der Waals surface area (Å²) in [6.45, 7) is 4.20. The SMILES string of the molecule is CCCCN(c1ccccc1CCN)C1CC1. The minimum atomic E-state index is 0.739. The highest BCUT2D eigenvalue weighted by Crippen LogP contribution is 2.33. The standard InChI is InChI=1S/C15H24N2/c1-2-3-12-17(14-8-9-14)15-7-5-4-6-13(15)10-11-16/h4-7,14H,2-3,8-12,16H2,1H3. The Balaban J connectivity index is 2.15. The highest BCUT2D eigenvalue weighted by atomic mass is 15.2. The maximum Gasteiger partial charge on any atom is 0.0401 e. The lowest BCUT2D eigenvalue weighted by molar-refractivity contribution is 0.709. The van der Waals surface area contributed by atoms with Gasteiger partial charge in [-0.2, -0.15) is 0 Å². The smallest absolute Gasteiger partial charge is 0.0401 e. The van der Waals surface area contributed by atoms with Gasteiger partial charge in [0.15, 0.2) is 0 Å². The normalized spacial score (nSPS) is 14.9. The van der Waals surface area contributed by atoms with E-state index < -0.39 is 0 Å². The molecule has 94 valence electrons. The molecule has 1 aliphatic carbocycles. The molecule has 2 rings (SSSR count). The van der Waals surface area contributed by atoms with Crippen LogP contribution in [0.15, 0.2) is 24.3 Å². The Kier molecular flexibility index (Phi) is 4.43. The number of anilines is 1. The van der Waals surface area contributed by atoms with Gasteiger partial charge >= 0.3 is 0 Å². The lowest BCUT2D eigenvalue weighted by atomic mass is 10.1. The lowest BCUT2D eigenvalue weighted by Gasteiger charge is -2.27. The quantitative estimate of drug-likeness (QED) is 0.783. The molecule has 0 aliphatic heterocycles. The van der Waals surface area contributed by atoms with Crippen LogP contribution in [0.4, 0.5) is 5.69 Å². The Morgan fingerprint density at radius 1 is 1.29 bits per heavy atom. The van der Waals surface area contributed by atoms with Gasteiger partial charge in [0, 0.05) is 18.3 Å². The van der Waals surface area contributed by atoms with Crippen LogP contribution in [0.5, 0.6) is 0 Å². The molecule has 2 heteroatoms. The minimum Gasteiger partial charge on any atom is -0.368 e. The molecule has 17 heavy (non-hydrogen) atoms. The van der Waals surface area contributed by atoms with Gasteiger partial charge in [-0.15, -0.1) is 0 Å². The van der Waals surface area contributed by atoms with Crippen LogP contribution in [-0.2, 0) is 6.42 Å². The molecule has 0 saturated heterocycles. The fourth-order valence-corrected chi connectivity index (χ4v) is 2.37. The van der Waals surface area contributed by atoms with E-state index in [1.54, 1.807) is 0 Å². The molecular weight excluding hydrogens is 208 g/mol. The van der Waals surface area contributed by atoms with Gasteiger partial charge in [0.25, 0.3) is 0 Å². The number of nitrogens with zero attached hydrogens (tertiary/aromatic N) is 1. The predicted octanol–water partition coefficient (Wildman–Crippen LogP) is 2.96. The zero-order valence-corrected chi connectivity index (χ0v) is 10.9. The highest BCUT2D eigenvalue weighted by molar-refractivity contribution is 5.55. The van der Waals surface area contributed by atoms with Crippen molar-refractivity contribution in [2.45, 2.75) is 45.1 Å². The van der Waals surface area contributed by atoms with Crippen LogP contribution in [0.3, 0.4) is 0 Å². The molecule has 2 nitrogen and oxygen atoms in total. The van der Waals surface area contributed by atoms with E-state index in [-0.39, 0.29) is 0 Å². The Morgan fingerprint density at radius 3 is 2.71 bits per heavy atom. The summed E-state index contributed by atoms with van der Waals surface area (Å²) in [5, 5.41) is 0. The highest BCUT2D eigenvalue weighted by Gasteiger charge is 2.29. The Labute approximate surface area is 105 Å². The molecule has 0 spiro atoms. The summed E-state index contributed by atoms with van der Waals surface area (Å²) < 4.78 is 0. The van der Waals surface area contributed by atoms with E-state index in [4.69, 9.17) is 5.73 Å². The number of unbranched alkanes of at least 4 members (excludes halogenated alkanes) is 1. The van der Waals surface area contributed by atoms with E-state index in [9.17, 15) is 0 Å². The third-order valence-corrected chi connectivity index (χ3v) is 3.45. The van der Waals surface area contributed by atoms with Gasteiger partial charge in [0.1, 0.15) is 0 Å². The molecule has 0 bridgehead atoms. The predicted molar refractivity (Wildman–Crippen MR) is 74.5 cm³/mol. The molecule has 0 heterocycles. The van der Waals surface area contributed by atoms with Crippen molar-refractivity contribution in [1.29, 1.82) is 0 Å². The lowest BCUT2D eigenvalue weighted by Crippen LogP contribution is -2.28. The second-order valence-electron chi connectivity index (χ2n) is 4.95. The second kappa shape index (κ2) is 6.06. The molecule has 1 aromatic carbocycles. The molecule has 1 aliphatic rings. The van der Waals surface area contributed by atoms with Crippen molar-refractivity contribution in [2.24, 2.45) is 5.73 Å². The van der Waals surface area contributed by atoms with Crippen molar-refractivity contribution >= 4 is 5.69 Å². The maximum atomic E-state index is 5.70. The molecule has 1 fully saturated rings. The van der Waals surface area contributed by atoms with Crippen LogP contribution in [0, 0.1) is 0 Å². The zero-order chi connectivity index (χ0) is 12.1. The average molecular weight is 232 g/mol. The first kappa shape index (κ1) is 12.4. The summed E-state index contributed by atoms with van der Waals surface area (Å²) in [6, 6.07) is 9.55. The van der Waals surface area contributed by atoms with Gasteiger partial charge in [-0.25, -0.2) is 0 Å². The first-order valence-corrected chi connectivity index (χ1v) is 6.91. The van der Waals surface area contributed by atoms with Crippen LogP contribution in [-0.4, -0.2) is 19.1 Å². The van der Waals surface area contributed by atoms with E-state index in [0.29, 0.717) is 0 Å². The second-order valence-corrected chi connectivity index (χ2v) is 4.95. The van der Waals surface area contributed by atoms with E-state index in [2.05, 4.69) is 36.1 Å². The number of rotatable bonds is 7. The summed E-state index contributed by atoms with van der Waals surface area (Å²) in [4.78, 5) is 2.61. The van der Waals surface area contributed by atoms with Gasteiger partial charge in [-0.05, 0) is 43.9 Å². The van der Waals surface area contributed by atoms with E-state index >= 15 is 0 Å². The van der Waals surface area contributed by atoms with Gasteiger partial charge in [-0.1, -0.05) is 31.5 Å². The number of para-hydroxylation sites is 1. The molecule has 0 atom stereocenters. The van der Waals surface area contributed by atoms with Crippen LogP contribution in [0.1, 0.15) is 38.2 Å². The Morgan fingerprint density at radius 2 is 2.06 bits per heavy atom. The number of benzene rings is 1. The zero-order valence-electron chi connectivity index (χ0n) is 10.9. The largest absolute Gasteiger partial charge is 0.368 e. The van der Waals surface area contributed by atoms with Crippen molar-refractivity contribution in [3.05, 3.63) is 29.8 Å².